The van der Waals surface area contributed by atoms with E-state index in [2.05, 4.69) is 10.6 Å². The molecule has 10 nitrogen and oxygen atoms in total. The standard InChI is InChI=1S/C23H37N3O7/c1-6-9-15(2)24-20(30)19(16-10-7-8-11-18(16)29)26(12-13-27)21(31)17(14-28)25-22(32)33-23(3,4)5/h7-8,10-11,15,17,19,27-29H,6,9,12-14H2,1-5H3,(H,24,30)(H,25,32). The van der Waals surface area contributed by atoms with Crippen molar-refractivity contribution in [2.45, 2.75) is 71.2 Å². The van der Waals surface area contributed by atoms with Gasteiger partial charge in [0.2, 0.25) is 11.8 Å². The van der Waals surface area contributed by atoms with Gasteiger partial charge in [-0.3, -0.25) is 9.59 Å². The Bertz CT molecular complexity index is 795. The second kappa shape index (κ2) is 13.0. The van der Waals surface area contributed by atoms with Crippen LogP contribution in [0.3, 0.4) is 0 Å². The van der Waals surface area contributed by atoms with Crippen molar-refractivity contribution in [3.8, 4) is 5.75 Å². The molecule has 0 radical (unpaired) electrons. The van der Waals surface area contributed by atoms with Crippen LogP contribution in [-0.2, 0) is 14.3 Å². The first-order valence-corrected chi connectivity index (χ1v) is 11.0. The Morgan fingerprint density at radius 2 is 1.76 bits per heavy atom. The summed E-state index contributed by atoms with van der Waals surface area (Å²) in [6.07, 6.45) is 0.611. The van der Waals surface area contributed by atoms with Gasteiger partial charge in [0.1, 0.15) is 23.4 Å². The summed E-state index contributed by atoms with van der Waals surface area (Å²) >= 11 is 0. The Kier molecular flexibility index (Phi) is 11.1. The number of phenols is 1. The van der Waals surface area contributed by atoms with Crippen molar-refractivity contribution in [3.05, 3.63) is 29.8 Å². The third-order valence-corrected chi connectivity index (χ3v) is 4.70. The maximum absolute atomic E-state index is 13.3. The van der Waals surface area contributed by atoms with Crippen LogP contribution in [0.5, 0.6) is 5.75 Å². The van der Waals surface area contributed by atoms with Gasteiger partial charge in [0.15, 0.2) is 0 Å². The highest BCUT2D eigenvalue weighted by molar-refractivity contribution is 5.92. The minimum atomic E-state index is -1.43. The summed E-state index contributed by atoms with van der Waals surface area (Å²) in [5, 5.41) is 35.0. The van der Waals surface area contributed by atoms with E-state index in [9.17, 15) is 29.7 Å². The molecular formula is C23H37N3O7. The normalized spacial score (nSPS) is 14.0. The fourth-order valence-electron chi connectivity index (χ4n) is 3.31. The molecule has 3 unspecified atom stereocenters. The number of nitrogens with zero attached hydrogens (tertiary/aromatic N) is 1. The van der Waals surface area contributed by atoms with Gasteiger partial charge in [-0.25, -0.2) is 4.79 Å². The van der Waals surface area contributed by atoms with Gasteiger partial charge in [-0.15, -0.1) is 0 Å². The number of aliphatic hydroxyl groups excluding tert-OH is 2. The van der Waals surface area contributed by atoms with Gasteiger partial charge in [-0.1, -0.05) is 31.5 Å². The van der Waals surface area contributed by atoms with E-state index in [0.29, 0.717) is 6.42 Å². The molecule has 1 rings (SSSR count). The van der Waals surface area contributed by atoms with E-state index < -0.39 is 48.8 Å². The molecule has 0 aliphatic rings. The second-order valence-corrected chi connectivity index (χ2v) is 8.80. The van der Waals surface area contributed by atoms with Crippen LogP contribution in [0, 0.1) is 0 Å². The lowest BCUT2D eigenvalue weighted by Gasteiger charge is -2.34. The lowest BCUT2D eigenvalue weighted by molar-refractivity contribution is -0.144. The zero-order chi connectivity index (χ0) is 25.2. The molecule has 33 heavy (non-hydrogen) atoms. The Labute approximate surface area is 194 Å². The van der Waals surface area contributed by atoms with E-state index >= 15 is 0 Å². The summed E-state index contributed by atoms with van der Waals surface area (Å²) in [6, 6.07) is 3.13. The largest absolute Gasteiger partial charge is 0.508 e. The first-order valence-electron chi connectivity index (χ1n) is 11.0. The topological polar surface area (TPSA) is 148 Å². The molecule has 1 aromatic carbocycles. The number of rotatable bonds is 11. The number of hydrogen-bond donors (Lipinski definition) is 5. The minimum absolute atomic E-state index is 0.148. The molecule has 5 N–H and O–H groups in total. The molecule has 1 aromatic rings. The fourth-order valence-corrected chi connectivity index (χ4v) is 3.31. The number of ether oxygens (including phenoxy) is 1. The van der Waals surface area contributed by atoms with E-state index in [4.69, 9.17) is 4.74 Å². The number of hydrogen-bond acceptors (Lipinski definition) is 7. The number of para-hydroxylation sites is 1. The second-order valence-electron chi connectivity index (χ2n) is 8.80. The number of phenolic OH excluding ortho intramolecular Hbond substituents is 1. The SMILES string of the molecule is CCCC(C)NC(=O)C(c1ccccc1O)N(CCO)C(=O)C(CO)NC(=O)OC(C)(C)C. The molecule has 0 aliphatic carbocycles. The summed E-state index contributed by atoms with van der Waals surface area (Å²) in [6.45, 7) is 7.21. The Hall–Kier alpha value is -2.85. The van der Waals surface area contributed by atoms with Crippen LogP contribution in [0.25, 0.3) is 0 Å². The average Bonchev–Trinajstić information content (AvgIpc) is 2.71. The van der Waals surface area contributed by atoms with Crippen molar-refractivity contribution >= 4 is 17.9 Å². The molecule has 186 valence electrons. The molecule has 3 atom stereocenters. The first kappa shape index (κ1) is 28.2. The maximum Gasteiger partial charge on any atom is 0.408 e. The molecule has 0 heterocycles. The van der Waals surface area contributed by atoms with Crippen molar-refractivity contribution in [1.29, 1.82) is 0 Å². The molecule has 0 saturated heterocycles. The molecule has 0 saturated carbocycles. The molecule has 0 aromatic heterocycles. The number of amides is 3. The molecule has 3 amide bonds. The van der Waals surface area contributed by atoms with Crippen molar-refractivity contribution < 1.29 is 34.4 Å². The van der Waals surface area contributed by atoms with Crippen molar-refractivity contribution in [1.82, 2.24) is 15.5 Å². The highest BCUT2D eigenvalue weighted by atomic mass is 16.6. The summed E-state index contributed by atoms with van der Waals surface area (Å²) < 4.78 is 5.15. The van der Waals surface area contributed by atoms with Gasteiger partial charge < -0.3 is 35.6 Å². The monoisotopic (exact) mass is 467 g/mol. The highest BCUT2D eigenvalue weighted by Gasteiger charge is 2.37. The third kappa shape index (κ3) is 8.89. The molecule has 0 bridgehead atoms. The summed E-state index contributed by atoms with van der Waals surface area (Å²) in [5.41, 5.74) is -0.680. The van der Waals surface area contributed by atoms with Gasteiger partial charge >= 0.3 is 6.09 Å². The van der Waals surface area contributed by atoms with E-state index in [0.717, 1.165) is 11.3 Å². The lowest BCUT2D eigenvalue weighted by atomic mass is 10.0. The third-order valence-electron chi connectivity index (χ3n) is 4.70. The van der Waals surface area contributed by atoms with Crippen LogP contribution in [0.15, 0.2) is 24.3 Å². The zero-order valence-electron chi connectivity index (χ0n) is 20.0. The fraction of sp³-hybridized carbons (Fsp3) is 0.609. The van der Waals surface area contributed by atoms with Crippen LogP contribution >= 0.6 is 0 Å². The Morgan fingerprint density at radius 1 is 1.12 bits per heavy atom. The summed E-state index contributed by atoms with van der Waals surface area (Å²) in [4.78, 5) is 39.8. The predicted octanol–water partition coefficient (Wildman–Crippen LogP) is 1.44. The van der Waals surface area contributed by atoms with Crippen LogP contribution < -0.4 is 10.6 Å². The Morgan fingerprint density at radius 3 is 2.27 bits per heavy atom. The van der Waals surface area contributed by atoms with Crippen LogP contribution in [0.4, 0.5) is 4.79 Å². The van der Waals surface area contributed by atoms with Gasteiger partial charge in [0.25, 0.3) is 0 Å². The van der Waals surface area contributed by atoms with Crippen LogP contribution in [0.1, 0.15) is 59.1 Å². The van der Waals surface area contributed by atoms with E-state index in [1.807, 2.05) is 13.8 Å². The van der Waals surface area contributed by atoms with Crippen molar-refractivity contribution in [2.75, 3.05) is 19.8 Å². The molecular weight excluding hydrogens is 430 g/mol. The van der Waals surface area contributed by atoms with Gasteiger partial charge in [0, 0.05) is 18.2 Å². The van der Waals surface area contributed by atoms with Gasteiger partial charge in [0.05, 0.1) is 13.2 Å². The predicted molar refractivity (Wildman–Crippen MR) is 122 cm³/mol. The van der Waals surface area contributed by atoms with E-state index in [1.54, 1.807) is 32.9 Å². The van der Waals surface area contributed by atoms with Crippen molar-refractivity contribution in [2.24, 2.45) is 0 Å². The van der Waals surface area contributed by atoms with Crippen LogP contribution in [-0.4, -0.2) is 75.6 Å². The average molecular weight is 468 g/mol. The van der Waals surface area contributed by atoms with Gasteiger partial charge in [-0.2, -0.15) is 0 Å². The summed E-state index contributed by atoms with van der Waals surface area (Å²) in [7, 11) is 0. The number of benzene rings is 1. The number of aliphatic hydroxyl groups is 2. The minimum Gasteiger partial charge on any atom is -0.508 e. The maximum atomic E-state index is 13.3. The number of aromatic hydroxyl groups is 1. The number of carbonyl (C=O) groups excluding carboxylic acids is 3. The van der Waals surface area contributed by atoms with E-state index in [-0.39, 0.29) is 23.9 Å². The van der Waals surface area contributed by atoms with Crippen LogP contribution in [0.2, 0.25) is 0 Å². The molecule has 0 spiro atoms. The van der Waals surface area contributed by atoms with Crippen molar-refractivity contribution in [3.63, 3.8) is 0 Å². The number of alkyl carbamates (subject to hydrolysis) is 1. The Balaban J connectivity index is 3.33. The lowest BCUT2D eigenvalue weighted by Crippen LogP contribution is -2.55. The van der Waals surface area contributed by atoms with E-state index in [1.165, 1.54) is 12.1 Å². The molecule has 10 heteroatoms. The zero-order valence-corrected chi connectivity index (χ0v) is 20.0. The number of carbonyl (C=O) groups is 3. The smallest absolute Gasteiger partial charge is 0.408 e. The quantitative estimate of drug-likeness (QED) is 0.331. The highest BCUT2D eigenvalue weighted by Crippen LogP contribution is 2.29. The van der Waals surface area contributed by atoms with Gasteiger partial charge in [-0.05, 0) is 40.2 Å². The molecule has 0 aliphatic heterocycles. The number of nitrogens with one attached hydrogen (secondary N) is 2. The molecule has 0 fully saturated rings. The first-order chi connectivity index (χ1) is 15.4. The summed E-state index contributed by atoms with van der Waals surface area (Å²) in [5.74, 6) is -1.59.